The fourth-order valence-electron chi connectivity index (χ4n) is 1.97. The highest BCUT2D eigenvalue weighted by Gasteiger charge is 2.41. The number of halogens is 4. The van der Waals surface area contributed by atoms with Crippen molar-refractivity contribution in [1.29, 1.82) is 0 Å². The molecule has 0 N–H and O–H groups in total. The SMILES string of the molecule is CCN1CCCN(C(=O)COCC(F)(F)C(F)F)CC1. The van der Waals surface area contributed by atoms with Gasteiger partial charge < -0.3 is 14.5 Å². The predicted molar refractivity (Wildman–Crippen MR) is 65.1 cm³/mol. The van der Waals surface area contributed by atoms with Crippen molar-refractivity contribution in [1.82, 2.24) is 9.80 Å². The molecule has 1 fully saturated rings. The maximum Gasteiger partial charge on any atom is 0.330 e. The minimum Gasteiger partial charge on any atom is -0.365 e. The molecule has 0 radical (unpaired) electrons. The first-order chi connectivity index (χ1) is 9.36. The summed E-state index contributed by atoms with van der Waals surface area (Å²) in [5.41, 5.74) is 0. The second-order valence-electron chi connectivity index (χ2n) is 4.72. The van der Waals surface area contributed by atoms with E-state index in [-0.39, 0.29) is 0 Å². The van der Waals surface area contributed by atoms with E-state index in [9.17, 15) is 22.4 Å². The molecule has 20 heavy (non-hydrogen) atoms. The van der Waals surface area contributed by atoms with E-state index < -0.39 is 31.5 Å². The lowest BCUT2D eigenvalue weighted by Crippen LogP contribution is -2.39. The first-order valence-electron chi connectivity index (χ1n) is 6.60. The van der Waals surface area contributed by atoms with Crippen LogP contribution in [0.3, 0.4) is 0 Å². The molecule has 0 aromatic rings. The maximum atomic E-state index is 12.6. The molecule has 1 aliphatic heterocycles. The van der Waals surface area contributed by atoms with Crippen LogP contribution in [0.15, 0.2) is 0 Å². The van der Waals surface area contributed by atoms with Crippen molar-refractivity contribution in [3.8, 4) is 0 Å². The lowest BCUT2D eigenvalue weighted by molar-refractivity contribution is -0.170. The van der Waals surface area contributed by atoms with Crippen LogP contribution in [0, 0.1) is 0 Å². The number of rotatable bonds is 6. The van der Waals surface area contributed by atoms with Crippen LogP contribution in [0.25, 0.3) is 0 Å². The van der Waals surface area contributed by atoms with Crippen molar-refractivity contribution >= 4 is 5.91 Å². The van der Waals surface area contributed by atoms with Gasteiger partial charge in [-0.3, -0.25) is 4.79 Å². The number of alkyl halides is 4. The normalized spacial score (nSPS) is 18.4. The van der Waals surface area contributed by atoms with Gasteiger partial charge in [-0.25, -0.2) is 8.78 Å². The minimum absolute atomic E-state index is 0.437. The van der Waals surface area contributed by atoms with Crippen LogP contribution in [-0.2, 0) is 9.53 Å². The largest absolute Gasteiger partial charge is 0.365 e. The molecule has 8 heteroatoms. The Morgan fingerprint density at radius 1 is 1.25 bits per heavy atom. The van der Waals surface area contributed by atoms with E-state index in [1.807, 2.05) is 6.92 Å². The van der Waals surface area contributed by atoms with E-state index in [1.165, 1.54) is 4.90 Å². The van der Waals surface area contributed by atoms with E-state index >= 15 is 0 Å². The van der Waals surface area contributed by atoms with Crippen LogP contribution in [0.1, 0.15) is 13.3 Å². The van der Waals surface area contributed by atoms with Crippen LogP contribution >= 0.6 is 0 Å². The van der Waals surface area contributed by atoms with E-state index in [0.29, 0.717) is 13.1 Å². The summed E-state index contributed by atoms with van der Waals surface area (Å²) in [6.45, 7) is 3.51. The Hall–Kier alpha value is -0.890. The number of carbonyl (C=O) groups is 1. The third-order valence-corrected chi connectivity index (χ3v) is 3.23. The number of carbonyl (C=O) groups excluding carboxylic acids is 1. The molecule has 1 amide bonds. The molecule has 0 bridgehead atoms. The average Bonchev–Trinajstić information content (AvgIpc) is 2.63. The quantitative estimate of drug-likeness (QED) is 0.696. The first-order valence-corrected chi connectivity index (χ1v) is 6.60. The van der Waals surface area contributed by atoms with Crippen LogP contribution < -0.4 is 0 Å². The van der Waals surface area contributed by atoms with Gasteiger partial charge in [0.15, 0.2) is 0 Å². The summed E-state index contributed by atoms with van der Waals surface area (Å²) in [6.07, 6.45) is -2.99. The molecule has 0 spiro atoms. The zero-order valence-corrected chi connectivity index (χ0v) is 11.5. The van der Waals surface area contributed by atoms with Gasteiger partial charge >= 0.3 is 12.3 Å². The fraction of sp³-hybridized carbons (Fsp3) is 0.917. The van der Waals surface area contributed by atoms with E-state index in [4.69, 9.17) is 0 Å². The minimum atomic E-state index is -4.21. The number of amides is 1. The van der Waals surface area contributed by atoms with Gasteiger partial charge in [-0.1, -0.05) is 6.92 Å². The molecule has 1 rings (SSSR count). The Balaban J connectivity index is 2.32. The van der Waals surface area contributed by atoms with Gasteiger partial charge in [-0.2, -0.15) is 8.78 Å². The molecule has 0 aromatic carbocycles. The molecule has 0 atom stereocenters. The smallest absolute Gasteiger partial charge is 0.330 e. The zero-order chi connectivity index (χ0) is 15.2. The van der Waals surface area contributed by atoms with Gasteiger partial charge in [-0.05, 0) is 19.5 Å². The molecule has 4 nitrogen and oxygen atoms in total. The molecular weight excluding hydrogens is 280 g/mol. The monoisotopic (exact) mass is 300 g/mol. The number of ether oxygens (including phenoxy) is 1. The molecule has 0 unspecified atom stereocenters. The van der Waals surface area contributed by atoms with Crippen molar-refractivity contribution in [2.45, 2.75) is 25.7 Å². The van der Waals surface area contributed by atoms with Crippen molar-refractivity contribution in [3.05, 3.63) is 0 Å². The van der Waals surface area contributed by atoms with Gasteiger partial charge in [0.1, 0.15) is 13.2 Å². The summed E-state index contributed by atoms with van der Waals surface area (Å²) in [5.74, 6) is -4.65. The number of likely N-dealkylation sites (N-methyl/N-ethyl adjacent to an activating group) is 1. The van der Waals surface area contributed by atoms with Crippen LogP contribution in [0.2, 0.25) is 0 Å². The molecule has 0 aliphatic carbocycles. The number of nitrogens with zero attached hydrogens (tertiary/aromatic N) is 2. The molecule has 1 saturated heterocycles. The maximum absolute atomic E-state index is 12.6. The number of hydrogen-bond donors (Lipinski definition) is 0. The topological polar surface area (TPSA) is 32.8 Å². The zero-order valence-electron chi connectivity index (χ0n) is 11.5. The highest BCUT2D eigenvalue weighted by molar-refractivity contribution is 5.77. The van der Waals surface area contributed by atoms with Gasteiger partial charge in [0.05, 0.1) is 0 Å². The van der Waals surface area contributed by atoms with E-state index in [1.54, 1.807) is 0 Å². The highest BCUT2D eigenvalue weighted by atomic mass is 19.3. The summed E-state index contributed by atoms with van der Waals surface area (Å²) in [4.78, 5) is 15.5. The first kappa shape index (κ1) is 17.2. The molecule has 0 saturated carbocycles. The lowest BCUT2D eigenvalue weighted by atomic mass is 10.3. The van der Waals surface area contributed by atoms with Crippen molar-refractivity contribution in [3.63, 3.8) is 0 Å². The Kier molecular flexibility index (Phi) is 6.67. The van der Waals surface area contributed by atoms with E-state index in [2.05, 4.69) is 9.64 Å². The van der Waals surface area contributed by atoms with Crippen molar-refractivity contribution < 1.29 is 27.1 Å². The third kappa shape index (κ3) is 5.24. The highest BCUT2D eigenvalue weighted by Crippen LogP contribution is 2.22. The second-order valence-corrected chi connectivity index (χ2v) is 4.72. The Morgan fingerprint density at radius 2 is 1.95 bits per heavy atom. The van der Waals surface area contributed by atoms with E-state index in [0.717, 1.165) is 26.1 Å². The molecule has 1 aliphatic rings. The van der Waals surface area contributed by atoms with Crippen molar-refractivity contribution in [2.75, 3.05) is 45.9 Å². The molecule has 118 valence electrons. The Labute approximate surface area is 115 Å². The summed E-state index contributed by atoms with van der Waals surface area (Å²) in [5, 5.41) is 0. The van der Waals surface area contributed by atoms with Gasteiger partial charge in [0.2, 0.25) is 5.91 Å². The average molecular weight is 300 g/mol. The lowest BCUT2D eigenvalue weighted by Gasteiger charge is -2.22. The van der Waals surface area contributed by atoms with Crippen LogP contribution in [0.4, 0.5) is 17.6 Å². The summed E-state index contributed by atoms with van der Waals surface area (Å²) in [6, 6.07) is 0. The molecular formula is C12H20F4N2O2. The summed E-state index contributed by atoms with van der Waals surface area (Å²) in [7, 11) is 0. The number of hydrogen-bond acceptors (Lipinski definition) is 3. The second kappa shape index (κ2) is 7.78. The summed E-state index contributed by atoms with van der Waals surface area (Å²) < 4.78 is 53.4. The molecule has 0 aromatic heterocycles. The van der Waals surface area contributed by atoms with Crippen LogP contribution in [-0.4, -0.2) is 74.0 Å². The molecule has 1 heterocycles. The van der Waals surface area contributed by atoms with Gasteiger partial charge in [-0.15, -0.1) is 0 Å². The predicted octanol–water partition coefficient (Wildman–Crippen LogP) is 1.46. The van der Waals surface area contributed by atoms with Gasteiger partial charge in [0, 0.05) is 19.6 Å². The standard InChI is InChI=1S/C12H20F4N2O2/c1-2-17-4-3-5-18(7-6-17)10(19)8-20-9-12(15,16)11(13)14/h11H,2-9H2,1H3. The van der Waals surface area contributed by atoms with Gasteiger partial charge in [0.25, 0.3) is 0 Å². The Morgan fingerprint density at radius 3 is 2.55 bits per heavy atom. The van der Waals surface area contributed by atoms with Crippen molar-refractivity contribution in [2.24, 2.45) is 0 Å². The third-order valence-electron chi connectivity index (χ3n) is 3.23. The van der Waals surface area contributed by atoms with Crippen LogP contribution in [0.5, 0.6) is 0 Å². The fourth-order valence-corrected chi connectivity index (χ4v) is 1.97. The Bertz CT molecular complexity index is 316. The summed E-state index contributed by atoms with van der Waals surface area (Å²) >= 11 is 0.